The van der Waals surface area contributed by atoms with Gasteiger partial charge in [-0.15, -0.1) is 0 Å². The highest BCUT2D eigenvalue weighted by atomic mass is 16.5. The Balaban J connectivity index is 1.67. The van der Waals surface area contributed by atoms with Crippen molar-refractivity contribution in [1.29, 1.82) is 0 Å². The number of H-pyrrole nitrogens is 1. The Morgan fingerprint density at radius 2 is 2.04 bits per heavy atom. The largest absolute Gasteiger partial charge is 0.460 e. The van der Waals surface area contributed by atoms with Crippen molar-refractivity contribution in [2.45, 2.75) is 57.8 Å². The molecule has 8 heteroatoms. The normalized spacial score (nSPS) is 27.6. The number of anilines is 1. The quantitative estimate of drug-likeness (QED) is 0.889. The molecule has 1 saturated heterocycles. The SMILES string of the molecule is CC1CCC(Oc2nc(N)c3c(=O)[nH]n(C4CCCO4)c3n2)CC1. The highest BCUT2D eigenvalue weighted by Gasteiger charge is 2.25. The second-order valence-electron chi connectivity index (χ2n) is 6.87. The summed E-state index contributed by atoms with van der Waals surface area (Å²) in [5.74, 6) is 0.893. The Labute approximate surface area is 139 Å². The van der Waals surface area contributed by atoms with Gasteiger partial charge >= 0.3 is 6.01 Å². The molecule has 1 atom stereocenters. The van der Waals surface area contributed by atoms with E-state index in [-0.39, 0.29) is 29.7 Å². The number of nitrogen functional groups attached to an aromatic ring is 1. The molecule has 3 heterocycles. The highest BCUT2D eigenvalue weighted by Crippen LogP contribution is 2.29. The summed E-state index contributed by atoms with van der Waals surface area (Å²) < 4.78 is 13.3. The van der Waals surface area contributed by atoms with Gasteiger partial charge in [0.25, 0.3) is 5.56 Å². The van der Waals surface area contributed by atoms with E-state index in [0.29, 0.717) is 17.6 Å². The van der Waals surface area contributed by atoms with Crippen molar-refractivity contribution < 1.29 is 9.47 Å². The van der Waals surface area contributed by atoms with Gasteiger partial charge in [-0.2, -0.15) is 9.97 Å². The molecule has 24 heavy (non-hydrogen) atoms. The summed E-state index contributed by atoms with van der Waals surface area (Å²) in [7, 11) is 0. The van der Waals surface area contributed by atoms with Gasteiger partial charge < -0.3 is 15.2 Å². The summed E-state index contributed by atoms with van der Waals surface area (Å²) in [5, 5.41) is 3.07. The van der Waals surface area contributed by atoms with Crippen molar-refractivity contribution >= 4 is 16.9 Å². The summed E-state index contributed by atoms with van der Waals surface area (Å²) in [6, 6.07) is 0.241. The van der Waals surface area contributed by atoms with E-state index in [1.54, 1.807) is 4.68 Å². The number of aromatic nitrogens is 4. The van der Waals surface area contributed by atoms with Crippen LogP contribution in [0.15, 0.2) is 4.79 Å². The van der Waals surface area contributed by atoms with Gasteiger partial charge in [0.05, 0.1) is 0 Å². The zero-order valence-electron chi connectivity index (χ0n) is 13.8. The minimum atomic E-state index is -0.295. The van der Waals surface area contributed by atoms with Gasteiger partial charge in [0.1, 0.15) is 17.3 Å². The molecule has 0 aromatic carbocycles. The maximum atomic E-state index is 12.2. The summed E-state index contributed by atoms with van der Waals surface area (Å²) >= 11 is 0. The van der Waals surface area contributed by atoms with Crippen LogP contribution in [-0.4, -0.2) is 32.5 Å². The van der Waals surface area contributed by atoms with Crippen LogP contribution >= 0.6 is 0 Å². The average Bonchev–Trinajstić information content (AvgIpc) is 3.18. The summed E-state index contributed by atoms with van der Waals surface area (Å²) in [4.78, 5) is 20.8. The third-order valence-electron chi connectivity index (χ3n) is 5.00. The molecule has 3 N–H and O–H groups in total. The summed E-state index contributed by atoms with van der Waals surface area (Å²) in [6.07, 6.45) is 5.97. The lowest BCUT2D eigenvalue weighted by atomic mass is 9.89. The molecule has 2 aliphatic rings. The van der Waals surface area contributed by atoms with E-state index in [4.69, 9.17) is 15.2 Å². The lowest BCUT2D eigenvalue weighted by Crippen LogP contribution is -2.24. The Hall–Kier alpha value is -2.09. The Kier molecular flexibility index (Phi) is 3.91. The molecule has 1 unspecified atom stereocenters. The molecule has 4 rings (SSSR count). The van der Waals surface area contributed by atoms with E-state index in [1.807, 2.05) is 0 Å². The number of hydrogen-bond acceptors (Lipinski definition) is 6. The van der Waals surface area contributed by atoms with Crippen molar-refractivity contribution in [1.82, 2.24) is 19.7 Å². The van der Waals surface area contributed by atoms with Crippen LogP contribution in [0.2, 0.25) is 0 Å². The zero-order chi connectivity index (χ0) is 16.7. The molecular formula is C16H23N5O3. The van der Waals surface area contributed by atoms with Crippen LogP contribution in [0.4, 0.5) is 5.82 Å². The minimum absolute atomic E-state index is 0.111. The van der Waals surface area contributed by atoms with E-state index in [1.165, 1.54) is 0 Å². The lowest BCUT2D eigenvalue weighted by molar-refractivity contribution is 0.0493. The number of hydrogen-bond donors (Lipinski definition) is 2. The molecule has 1 aliphatic carbocycles. The molecule has 0 amide bonds. The molecule has 1 saturated carbocycles. The monoisotopic (exact) mass is 333 g/mol. The van der Waals surface area contributed by atoms with Crippen molar-refractivity contribution in [2.75, 3.05) is 12.3 Å². The minimum Gasteiger partial charge on any atom is -0.460 e. The fourth-order valence-electron chi connectivity index (χ4n) is 3.58. The molecule has 2 fully saturated rings. The molecule has 0 radical (unpaired) electrons. The maximum absolute atomic E-state index is 12.2. The van der Waals surface area contributed by atoms with Crippen molar-refractivity contribution in [3.8, 4) is 6.01 Å². The van der Waals surface area contributed by atoms with Gasteiger partial charge in [0.2, 0.25) is 0 Å². The molecule has 2 aromatic heterocycles. The zero-order valence-corrected chi connectivity index (χ0v) is 13.8. The summed E-state index contributed by atoms with van der Waals surface area (Å²) in [5.41, 5.74) is 6.15. The van der Waals surface area contributed by atoms with E-state index in [2.05, 4.69) is 22.0 Å². The highest BCUT2D eigenvalue weighted by molar-refractivity contribution is 5.85. The third kappa shape index (κ3) is 2.75. The second kappa shape index (κ2) is 6.08. The van der Waals surface area contributed by atoms with E-state index >= 15 is 0 Å². The van der Waals surface area contributed by atoms with Crippen molar-refractivity contribution in [3.63, 3.8) is 0 Å². The first kappa shape index (κ1) is 15.4. The predicted molar refractivity (Wildman–Crippen MR) is 88.8 cm³/mol. The maximum Gasteiger partial charge on any atom is 0.320 e. The fourth-order valence-corrected chi connectivity index (χ4v) is 3.58. The van der Waals surface area contributed by atoms with Crippen LogP contribution in [0.1, 0.15) is 51.7 Å². The third-order valence-corrected chi connectivity index (χ3v) is 5.00. The molecule has 0 bridgehead atoms. The van der Waals surface area contributed by atoms with Crippen LogP contribution in [-0.2, 0) is 4.74 Å². The smallest absolute Gasteiger partial charge is 0.320 e. The molecule has 2 aromatic rings. The van der Waals surface area contributed by atoms with Crippen molar-refractivity contribution in [3.05, 3.63) is 10.4 Å². The Bertz CT molecular complexity index is 785. The van der Waals surface area contributed by atoms with Gasteiger partial charge in [-0.05, 0) is 44.4 Å². The first-order chi connectivity index (χ1) is 11.6. The second-order valence-corrected chi connectivity index (χ2v) is 6.87. The topological polar surface area (TPSA) is 108 Å². The number of ether oxygens (including phenoxy) is 2. The van der Waals surface area contributed by atoms with Crippen LogP contribution in [0.25, 0.3) is 11.0 Å². The number of aromatic amines is 1. The standard InChI is InChI=1S/C16H23N5O3/c1-9-4-6-10(7-5-9)24-16-18-13(17)12-14(19-16)21(20-15(12)22)11-3-2-8-23-11/h9-11H,2-8H2,1H3,(H,20,22)(H2,17,18,19). The molecule has 130 valence electrons. The number of nitrogens with one attached hydrogen (secondary N) is 1. The van der Waals surface area contributed by atoms with E-state index in [9.17, 15) is 4.79 Å². The number of fused-ring (bicyclic) bond motifs is 1. The first-order valence-electron chi connectivity index (χ1n) is 8.68. The molecule has 0 spiro atoms. The van der Waals surface area contributed by atoms with Crippen LogP contribution in [0.5, 0.6) is 6.01 Å². The van der Waals surface area contributed by atoms with E-state index in [0.717, 1.165) is 44.4 Å². The van der Waals surface area contributed by atoms with Gasteiger partial charge in [0, 0.05) is 6.61 Å². The van der Waals surface area contributed by atoms with Crippen molar-refractivity contribution in [2.24, 2.45) is 5.92 Å². The Morgan fingerprint density at radius 3 is 2.75 bits per heavy atom. The summed E-state index contributed by atoms with van der Waals surface area (Å²) in [6.45, 7) is 2.94. The van der Waals surface area contributed by atoms with Gasteiger partial charge in [0.15, 0.2) is 11.9 Å². The average molecular weight is 333 g/mol. The van der Waals surface area contributed by atoms with Gasteiger partial charge in [-0.3, -0.25) is 9.89 Å². The number of nitrogens with zero attached hydrogens (tertiary/aromatic N) is 3. The van der Waals surface area contributed by atoms with Crippen LogP contribution < -0.4 is 16.0 Å². The number of rotatable bonds is 3. The van der Waals surface area contributed by atoms with Crippen LogP contribution in [0.3, 0.4) is 0 Å². The Morgan fingerprint density at radius 1 is 1.25 bits per heavy atom. The molecule has 8 nitrogen and oxygen atoms in total. The van der Waals surface area contributed by atoms with Gasteiger partial charge in [-0.25, -0.2) is 4.68 Å². The van der Waals surface area contributed by atoms with Crippen LogP contribution in [0, 0.1) is 5.92 Å². The molecular weight excluding hydrogens is 310 g/mol. The predicted octanol–water partition coefficient (Wildman–Crippen LogP) is 1.97. The van der Waals surface area contributed by atoms with Gasteiger partial charge in [-0.1, -0.05) is 6.92 Å². The number of nitrogens with two attached hydrogens (primary N) is 1. The lowest BCUT2D eigenvalue weighted by Gasteiger charge is -2.26. The fraction of sp³-hybridized carbons (Fsp3) is 0.688. The molecule has 1 aliphatic heterocycles. The first-order valence-corrected chi connectivity index (χ1v) is 8.68. The van der Waals surface area contributed by atoms with E-state index < -0.39 is 0 Å².